The number of alkyl halides is 3. The van der Waals surface area contributed by atoms with Gasteiger partial charge in [0.2, 0.25) is 5.91 Å². The number of nitrogens with two attached hydrogens (primary N) is 1. The number of carbonyl (C=O) groups excluding carboxylic acids is 1. The van der Waals surface area contributed by atoms with Crippen LogP contribution in [0.2, 0.25) is 0 Å². The molecule has 0 aliphatic carbocycles. The molecular weight excluding hydrogens is 355 g/mol. The van der Waals surface area contributed by atoms with E-state index < -0.39 is 17.3 Å². The van der Waals surface area contributed by atoms with E-state index in [1.807, 2.05) is 0 Å². The summed E-state index contributed by atoms with van der Waals surface area (Å²) in [6.07, 6.45) is -3.41. The van der Waals surface area contributed by atoms with Gasteiger partial charge in [0, 0.05) is 32.2 Å². The SMILES string of the molecule is CN(Cc1nc(C(F)(F)F)cs1)C(=O)C1(CN)CCOCC1.Cl. The maximum Gasteiger partial charge on any atom is 0.434 e. The van der Waals surface area contributed by atoms with Gasteiger partial charge in [0.25, 0.3) is 0 Å². The summed E-state index contributed by atoms with van der Waals surface area (Å²) in [6, 6.07) is 0. The van der Waals surface area contributed by atoms with Crippen LogP contribution in [0.5, 0.6) is 0 Å². The predicted octanol–water partition coefficient (Wildman–Crippen LogP) is 2.30. The van der Waals surface area contributed by atoms with Crippen molar-refractivity contribution >= 4 is 29.7 Å². The zero-order valence-electron chi connectivity index (χ0n) is 12.6. The highest BCUT2D eigenvalue weighted by Crippen LogP contribution is 2.33. The van der Waals surface area contributed by atoms with Gasteiger partial charge >= 0.3 is 6.18 Å². The van der Waals surface area contributed by atoms with Gasteiger partial charge in [0.1, 0.15) is 5.01 Å². The topological polar surface area (TPSA) is 68.5 Å². The second-order valence-corrected chi connectivity index (χ2v) is 6.32. The lowest BCUT2D eigenvalue weighted by molar-refractivity contribution is -0.146. The molecule has 132 valence electrons. The van der Waals surface area contributed by atoms with Crippen molar-refractivity contribution in [2.75, 3.05) is 26.8 Å². The Bertz CT molecular complexity index is 533. The van der Waals surface area contributed by atoms with Crippen molar-refractivity contribution < 1.29 is 22.7 Å². The van der Waals surface area contributed by atoms with Crippen molar-refractivity contribution in [1.82, 2.24) is 9.88 Å². The molecule has 2 rings (SSSR count). The van der Waals surface area contributed by atoms with Crippen molar-refractivity contribution in [3.05, 3.63) is 16.1 Å². The first-order valence-electron chi connectivity index (χ1n) is 6.83. The summed E-state index contributed by atoms with van der Waals surface area (Å²) in [5.74, 6) is -0.165. The number of amides is 1. The summed E-state index contributed by atoms with van der Waals surface area (Å²) < 4.78 is 42.9. The molecule has 2 N–H and O–H groups in total. The van der Waals surface area contributed by atoms with E-state index in [9.17, 15) is 18.0 Å². The lowest BCUT2D eigenvalue weighted by Gasteiger charge is -2.37. The van der Waals surface area contributed by atoms with Gasteiger partial charge in [-0.15, -0.1) is 23.7 Å². The summed E-state index contributed by atoms with van der Waals surface area (Å²) in [6.45, 7) is 1.17. The number of carbonyl (C=O) groups is 1. The van der Waals surface area contributed by atoms with Crippen LogP contribution < -0.4 is 5.73 Å². The first-order chi connectivity index (χ1) is 10.3. The second-order valence-electron chi connectivity index (χ2n) is 5.38. The Morgan fingerprint density at radius 2 is 2.09 bits per heavy atom. The number of aromatic nitrogens is 1. The fraction of sp³-hybridized carbons (Fsp3) is 0.692. The standard InChI is InChI=1S/C13H18F3N3O2S.ClH/c1-19(6-10-18-9(7-22-10)13(14,15)16)11(20)12(8-17)2-4-21-5-3-12;/h7H,2-6,8,17H2,1H3;1H. The van der Waals surface area contributed by atoms with E-state index in [-0.39, 0.29) is 36.4 Å². The molecule has 0 unspecified atom stereocenters. The smallest absolute Gasteiger partial charge is 0.381 e. The molecule has 1 aromatic rings. The molecule has 10 heteroatoms. The summed E-state index contributed by atoms with van der Waals surface area (Å²) in [5, 5.41) is 1.21. The highest BCUT2D eigenvalue weighted by molar-refractivity contribution is 7.09. The van der Waals surface area contributed by atoms with Crippen LogP contribution in [-0.4, -0.2) is 42.6 Å². The molecular formula is C13H19ClF3N3O2S. The van der Waals surface area contributed by atoms with Crippen LogP contribution in [0.15, 0.2) is 5.38 Å². The van der Waals surface area contributed by atoms with E-state index in [0.29, 0.717) is 26.1 Å². The summed E-state index contributed by atoms with van der Waals surface area (Å²) in [5.41, 5.74) is 4.16. The van der Waals surface area contributed by atoms with Crippen molar-refractivity contribution in [3.63, 3.8) is 0 Å². The Morgan fingerprint density at radius 1 is 1.48 bits per heavy atom. The van der Waals surface area contributed by atoms with E-state index >= 15 is 0 Å². The number of rotatable bonds is 4. The molecule has 0 atom stereocenters. The summed E-state index contributed by atoms with van der Waals surface area (Å²) >= 11 is 0.894. The van der Waals surface area contributed by atoms with Crippen LogP contribution in [0.25, 0.3) is 0 Å². The molecule has 5 nitrogen and oxygen atoms in total. The fourth-order valence-corrected chi connectivity index (χ4v) is 3.31. The van der Waals surface area contributed by atoms with Gasteiger partial charge in [-0.3, -0.25) is 4.79 Å². The Labute approximate surface area is 142 Å². The van der Waals surface area contributed by atoms with Crippen molar-refractivity contribution in [1.29, 1.82) is 0 Å². The molecule has 1 aliphatic heterocycles. The largest absolute Gasteiger partial charge is 0.434 e. The van der Waals surface area contributed by atoms with Crippen LogP contribution in [0.1, 0.15) is 23.5 Å². The lowest BCUT2D eigenvalue weighted by atomic mass is 9.79. The maximum atomic E-state index is 12.6. The molecule has 0 aromatic carbocycles. The Balaban J connectivity index is 0.00000264. The van der Waals surface area contributed by atoms with Gasteiger partial charge in [0.05, 0.1) is 12.0 Å². The molecule has 2 heterocycles. The molecule has 0 bridgehead atoms. The van der Waals surface area contributed by atoms with Crippen LogP contribution in [0.3, 0.4) is 0 Å². The van der Waals surface area contributed by atoms with Gasteiger partial charge in [0.15, 0.2) is 5.69 Å². The van der Waals surface area contributed by atoms with Crippen molar-refractivity contribution in [2.45, 2.75) is 25.6 Å². The second kappa shape index (κ2) is 7.78. The molecule has 23 heavy (non-hydrogen) atoms. The van der Waals surface area contributed by atoms with Crippen molar-refractivity contribution in [2.24, 2.45) is 11.1 Å². The van der Waals surface area contributed by atoms with E-state index in [0.717, 1.165) is 16.7 Å². The quantitative estimate of drug-likeness (QED) is 0.879. The van der Waals surface area contributed by atoms with Crippen LogP contribution in [-0.2, 0) is 22.3 Å². The molecule has 1 fully saturated rings. The van der Waals surface area contributed by atoms with E-state index in [4.69, 9.17) is 10.5 Å². The van der Waals surface area contributed by atoms with Crippen LogP contribution in [0, 0.1) is 5.41 Å². The molecule has 1 amide bonds. The minimum Gasteiger partial charge on any atom is -0.381 e. The van der Waals surface area contributed by atoms with Crippen LogP contribution >= 0.6 is 23.7 Å². The zero-order chi connectivity index (χ0) is 16.4. The number of nitrogens with zero attached hydrogens (tertiary/aromatic N) is 2. The van der Waals surface area contributed by atoms with Gasteiger partial charge in [-0.05, 0) is 12.8 Å². The molecule has 0 radical (unpaired) electrons. The van der Waals surface area contributed by atoms with E-state index in [1.54, 1.807) is 7.05 Å². The third-order valence-electron chi connectivity index (χ3n) is 3.86. The Morgan fingerprint density at radius 3 is 2.57 bits per heavy atom. The zero-order valence-corrected chi connectivity index (χ0v) is 14.2. The number of halogens is 4. The third-order valence-corrected chi connectivity index (χ3v) is 4.69. The minimum atomic E-state index is -4.46. The highest BCUT2D eigenvalue weighted by Gasteiger charge is 2.41. The average molecular weight is 374 g/mol. The first kappa shape index (κ1) is 20.1. The number of ether oxygens (including phenoxy) is 1. The van der Waals surface area contributed by atoms with Gasteiger partial charge in [-0.2, -0.15) is 13.2 Å². The fourth-order valence-electron chi connectivity index (χ4n) is 2.46. The number of thiazole rings is 1. The maximum absolute atomic E-state index is 12.6. The molecule has 1 saturated heterocycles. The number of hydrogen-bond acceptors (Lipinski definition) is 5. The molecule has 1 aliphatic rings. The Kier molecular flexibility index (Phi) is 6.81. The highest BCUT2D eigenvalue weighted by atomic mass is 35.5. The van der Waals surface area contributed by atoms with Gasteiger partial charge < -0.3 is 15.4 Å². The molecule has 0 saturated carbocycles. The van der Waals surface area contributed by atoms with E-state index in [1.165, 1.54) is 4.90 Å². The normalized spacial score (nSPS) is 17.4. The van der Waals surface area contributed by atoms with Gasteiger partial charge in [-0.25, -0.2) is 4.98 Å². The summed E-state index contributed by atoms with van der Waals surface area (Å²) in [7, 11) is 1.56. The monoisotopic (exact) mass is 373 g/mol. The minimum absolute atomic E-state index is 0. The molecule has 0 spiro atoms. The van der Waals surface area contributed by atoms with Crippen molar-refractivity contribution in [3.8, 4) is 0 Å². The lowest BCUT2D eigenvalue weighted by Crippen LogP contribution is -2.49. The molecule has 1 aromatic heterocycles. The number of hydrogen-bond donors (Lipinski definition) is 1. The van der Waals surface area contributed by atoms with Gasteiger partial charge in [-0.1, -0.05) is 0 Å². The van der Waals surface area contributed by atoms with Crippen LogP contribution in [0.4, 0.5) is 13.2 Å². The third kappa shape index (κ3) is 4.56. The Hall–Kier alpha value is -0.900. The predicted molar refractivity (Wildman–Crippen MR) is 82.4 cm³/mol. The van der Waals surface area contributed by atoms with E-state index in [2.05, 4.69) is 4.98 Å². The summed E-state index contributed by atoms with van der Waals surface area (Å²) in [4.78, 5) is 17.5. The first-order valence-corrected chi connectivity index (χ1v) is 7.71. The average Bonchev–Trinajstić information content (AvgIpc) is 2.95.